The molecular weight excluding hydrogens is 242 g/mol. The van der Waals surface area contributed by atoms with Crippen LogP contribution in [0.5, 0.6) is 0 Å². The third-order valence-corrected chi connectivity index (χ3v) is 4.24. The quantitative estimate of drug-likeness (QED) is 0.593. The largest absolute Gasteiger partial charge is 0.291 e. The van der Waals surface area contributed by atoms with Crippen LogP contribution >= 0.6 is 0 Å². The predicted molar refractivity (Wildman–Crippen MR) is 91.2 cm³/mol. The molecule has 0 aliphatic carbocycles. The molecule has 0 radical (unpaired) electrons. The van der Waals surface area contributed by atoms with E-state index >= 15 is 0 Å². The molecule has 0 amide bonds. The Morgan fingerprint density at radius 2 is 1.25 bits per heavy atom. The number of quaternary nitrogens is 1. The fourth-order valence-corrected chi connectivity index (χ4v) is 3.48. The van der Waals surface area contributed by atoms with Crippen molar-refractivity contribution >= 4 is 16.5 Å². The first kappa shape index (κ1) is 15.1. The topological polar surface area (TPSA) is 0 Å². The van der Waals surface area contributed by atoms with Gasteiger partial charge in [0.15, 0.2) is 0 Å². The van der Waals surface area contributed by atoms with Crippen LogP contribution in [0.1, 0.15) is 40.0 Å². The SMILES string of the molecule is CCC[N+](CCC)(CCC)c1ccc2ccccc2c1. The van der Waals surface area contributed by atoms with Gasteiger partial charge in [0, 0.05) is 6.07 Å². The van der Waals surface area contributed by atoms with Crippen molar-refractivity contribution in [3.05, 3.63) is 42.5 Å². The molecule has 1 heteroatoms. The van der Waals surface area contributed by atoms with Gasteiger partial charge in [-0.15, -0.1) is 0 Å². The van der Waals surface area contributed by atoms with E-state index in [1.807, 2.05) is 0 Å². The first-order valence-electron chi connectivity index (χ1n) is 8.11. The Balaban J connectivity index is 2.48. The molecule has 2 aromatic carbocycles. The van der Waals surface area contributed by atoms with Crippen LogP contribution in [0.15, 0.2) is 42.5 Å². The lowest BCUT2D eigenvalue weighted by molar-refractivity contribution is 0.273. The summed E-state index contributed by atoms with van der Waals surface area (Å²) in [5.74, 6) is 0. The number of benzene rings is 2. The molecule has 0 fully saturated rings. The van der Waals surface area contributed by atoms with Crippen molar-refractivity contribution in [2.24, 2.45) is 0 Å². The first-order chi connectivity index (χ1) is 9.75. The van der Waals surface area contributed by atoms with Crippen LogP contribution in [0.25, 0.3) is 10.8 Å². The van der Waals surface area contributed by atoms with Crippen molar-refractivity contribution in [3.8, 4) is 0 Å². The van der Waals surface area contributed by atoms with Gasteiger partial charge < -0.3 is 0 Å². The second-order valence-electron chi connectivity index (χ2n) is 5.85. The van der Waals surface area contributed by atoms with Gasteiger partial charge in [0.25, 0.3) is 0 Å². The Kier molecular flexibility index (Phi) is 5.19. The van der Waals surface area contributed by atoms with E-state index in [1.165, 1.54) is 55.4 Å². The molecule has 0 aliphatic rings. The summed E-state index contributed by atoms with van der Waals surface area (Å²) in [6.07, 6.45) is 3.73. The van der Waals surface area contributed by atoms with Crippen molar-refractivity contribution in [2.75, 3.05) is 19.6 Å². The van der Waals surface area contributed by atoms with Gasteiger partial charge in [-0.25, -0.2) is 0 Å². The molecule has 0 saturated carbocycles. The van der Waals surface area contributed by atoms with Crippen LogP contribution in [0.3, 0.4) is 0 Å². The van der Waals surface area contributed by atoms with Crippen LogP contribution in [-0.4, -0.2) is 19.6 Å². The van der Waals surface area contributed by atoms with Crippen molar-refractivity contribution in [3.63, 3.8) is 0 Å². The molecular formula is C19H28N+. The minimum absolute atomic E-state index is 1.15. The Morgan fingerprint density at radius 3 is 1.80 bits per heavy atom. The summed E-state index contributed by atoms with van der Waals surface area (Å²) in [7, 11) is 0. The van der Waals surface area contributed by atoms with Crippen LogP contribution in [0.4, 0.5) is 5.69 Å². The summed E-state index contributed by atoms with van der Waals surface area (Å²) in [4.78, 5) is 0. The molecule has 0 saturated heterocycles. The van der Waals surface area contributed by atoms with E-state index in [0.717, 1.165) is 4.48 Å². The van der Waals surface area contributed by atoms with Gasteiger partial charge in [-0.2, -0.15) is 0 Å². The van der Waals surface area contributed by atoms with Crippen LogP contribution in [0.2, 0.25) is 0 Å². The second kappa shape index (κ2) is 6.90. The van der Waals surface area contributed by atoms with Gasteiger partial charge in [-0.1, -0.05) is 45.0 Å². The Morgan fingerprint density at radius 1 is 0.700 bits per heavy atom. The molecule has 0 aromatic heterocycles. The molecule has 0 spiro atoms. The van der Waals surface area contributed by atoms with E-state index in [4.69, 9.17) is 0 Å². The smallest absolute Gasteiger partial charge is 0.133 e. The molecule has 0 unspecified atom stereocenters. The van der Waals surface area contributed by atoms with Crippen LogP contribution in [0, 0.1) is 0 Å². The maximum atomic E-state index is 2.41. The molecule has 0 aliphatic heterocycles. The summed E-state index contributed by atoms with van der Waals surface area (Å²) in [5.41, 5.74) is 1.49. The summed E-state index contributed by atoms with van der Waals surface area (Å²) in [6, 6.07) is 15.7. The Labute approximate surface area is 123 Å². The number of rotatable bonds is 7. The minimum atomic E-state index is 1.15. The van der Waals surface area contributed by atoms with E-state index in [-0.39, 0.29) is 0 Å². The normalized spacial score (nSPS) is 11.9. The molecule has 2 rings (SSSR count). The maximum absolute atomic E-state index is 2.41. The first-order valence-corrected chi connectivity index (χ1v) is 8.11. The highest BCUT2D eigenvalue weighted by Crippen LogP contribution is 2.29. The third-order valence-electron chi connectivity index (χ3n) is 4.24. The predicted octanol–water partition coefficient (Wildman–Crippen LogP) is 5.38. The fraction of sp³-hybridized carbons (Fsp3) is 0.474. The highest BCUT2D eigenvalue weighted by molar-refractivity contribution is 5.85. The molecule has 2 aromatic rings. The fourth-order valence-electron chi connectivity index (χ4n) is 3.48. The molecule has 0 heterocycles. The summed E-state index contributed by atoms with van der Waals surface area (Å²) in [5, 5.41) is 2.72. The van der Waals surface area contributed by atoms with E-state index in [0.29, 0.717) is 0 Å². The molecule has 1 nitrogen and oxygen atoms in total. The number of hydrogen-bond acceptors (Lipinski definition) is 0. The Hall–Kier alpha value is -1.34. The zero-order valence-corrected chi connectivity index (χ0v) is 13.2. The molecule has 108 valence electrons. The van der Waals surface area contributed by atoms with E-state index < -0.39 is 0 Å². The van der Waals surface area contributed by atoms with Crippen LogP contribution < -0.4 is 4.48 Å². The monoisotopic (exact) mass is 270 g/mol. The van der Waals surface area contributed by atoms with Crippen molar-refractivity contribution in [1.29, 1.82) is 0 Å². The summed E-state index contributed by atoms with van der Waals surface area (Å²) < 4.78 is 1.15. The molecule has 20 heavy (non-hydrogen) atoms. The standard InChI is InChI=1S/C19H28N/c1-4-13-20(14-5-2,15-6-3)19-12-11-17-9-7-8-10-18(17)16-19/h7-12,16H,4-6,13-15H2,1-3H3/q+1. The van der Waals surface area contributed by atoms with Gasteiger partial charge in [-0.3, -0.25) is 4.48 Å². The van der Waals surface area contributed by atoms with Crippen molar-refractivity contribution in [1.82, 2.24) is 4.48 Å². The van der Waals surface area contributed by atoms with Crippen LogP contribution in [-0.2, 0) is 0 Å². The second-order valence-corrected chi connectivity index (χ2v) is 5.85. The molecule has 0 N–H and O–H groups in total. The van der Waals surface area contributed by atoms with Gasteiger partial charge in [0.2, 0.25) is 0 Å². The average Bonchev–Trinajstić information content (AvgIpc) is 2.47. The zero-order chi connectivity index (χ0) is 14.4. The average molecular weight is 270 g/mol. The third kappa shape index (κ3) is 3.04. The lowest BCUT2D eigenvalue weighted by Gasteiger charge is -2.38. The van der Waals surface area contributed by atoms with E-state index in [9.17, 15) is 0 Å². The summed E-state index contributed by atoms with van der Waals surface area (Å²) >= 11 is 0. The van der Waals surface area contributed by atoms with E-state index in [1.54, 1.807) is 0 Å². The highest BCUT2D eigenvalue weighted by atomic mass is 15.4. The van der Waals surface area contributed by atoms with Gasteiger partial charge in [-0.05, 0) is 42.2 Å². The number of nitrogens with zero attached hydrogens (tertiary/aromatic N) is 1. The highest BCUT2D eigenvalue weighted by Gasteiger charge is 2.27. The van der Waals surface area contributed by atoms with Gasteiger partial charge in [0.1, 0.15) is 5.69 Å². The summed E-state index contributed by atoms with van der Waals surface area (Å²) in [6.45, 7) is 10.7. The lowest BCUT2D eigenvalue weighted by atomic mass is 10.1. The Bertz CT molecular complexity index is 527. The van der Waals surface area contributed by atoms with Crippen molar-refractivity contribution < 1.29 is 0 Å². The maximum Gasteiger partial charge on any atom is 0.133 e. The minimum Gasteiger partial charge on any atom is -0.291 e. The van der Waals surface area contributed by atoms with Gasteiger partial charge >= 0.3 is 0 Å². The zero-order valence-electron chi connectivity index (χ0n) is 13.2. The number of hydrogen-bond donors (Lipinski definition) is 0. The lowest BCUT2D eigenvalue weighted by Crippen LogP contribution is -2.51. The van der Waals surface area contributed by atoms with Crippen molar-refractivity contribution in [2.45, 2.75) is 40.0 Å². The number of fused-ring (bicyclic) bond motifs is 1. The molecule has 0 atom stereocenters. The van der Waals surface area contributed by atoms with Gasteiger partial charge in [0.05, 0.1) is 19.6 Å². The molecule has 0 bridgehead atoms. The van der Waals surface area contributed by atoms with E-state index in [2.05, 4.69) is 63.2 Å².